The second-order valence-corrected chi connectivity index (χ2v) is 4.24. The van der Waals surface area contributed by atoms with Crippen molar-refractivity contribution >= 4 is 13.6 Å². The Hall–Kier alpha value is -0.420. The predicted octanol–water partition coefficient (Wildman–Crippen LogP) is -0.0699. The summed E-state index contributed by atoms with van der Waals surface area (Å²) in [7, 11) is -0.113. The van der Waals surface area contributed by atoms with Crippen molar-refractivity contribution in [1.82, 2.24) is 0 Å². The molecule has 0 spiro atoms. The minimum Gasteiger partial charge on any atom is -0.467 e. The first-order valence-corrected chi connectivity index (χ1v) is 4.67. The van der Waals surface area contributed by atoms with Crippen molar-refractivity contribution in [2.24, 2.45) is 5.73 Å². The number of methoxy groups -OCH3 is 1. The van der Waals surface area contributed by atoms with Gasteiger partial charge in [-0.25, -0.2) is 4.79 Å². The molecule has 6 nitrogen and oxygen atoms in total. The summed E-state index contributed by atoms with van der Waals surface area (Å²) in [5.74, 6) is -2.22. The molecule has 0 saturated heterocycles. The van der Waals surface area contributed by atoms with E-state index in [0.29, 0.717) is 0 Å². The van der Waals surface area contributed by atoms with Crippen LogP contribution in [-0.2, 0) is 23.1 Å². The highest BCUT2D eigenvalue weighted by atomic mass is 31.2. The highest BCUT2D eigenvalue weighted by Crippen LogP contribution is 2.49. The van der Waals surface area contributed by atoms with Crippen LogP contribution < -0.4 is 5.73 Å². The molecule has 0 saturated carbocycles. The largest absolute Gasteiger partial charge is 0.467 e. The summed E-state index contributed by atoms with van der Waals surface area (Å²) in [4.78, 5) is 10.8. The summed E-state index contributed by atoms with van der Waals surface area (Å²) in [6.45, 7) is 0. The smallest absolute Gasteiger partial charge is 0.358 e. The summed E-state index contributed by atoms with van der Waals surface area (Å²) in [6, 6.07) is 0. The monoisotopic (exact) mass is 197 g/mol. The van der Waals surface area contributed by atoms with E-state index >= 15 is 0 Å². The van der Waals surface area contributed by atoms with Gasteiger partial charge in [0.05, 0.1) is 7.11 Å². The third-order valence-electron chi connectivity index (χ3n) is 1.29. The molecule has 0 aliphatic carbocycles. The van der Waals surface area contributed by atoms with Crippen LogP contribution in [0, 0.1) is 0 Å². The molecule has 0 unspecified atom stereocenters. The van der Waals surface area contributed by atoms with Crippen molar-refractivity contribution < 1.29 is 23.1 Å². The highest BCUT2D eigenvalue weighted by molar-refractivity contribution is 7.55. The Labute approximate surface area is 70.5 Å². The van der Waals surface area contributed by atoms with Gasteiger partial charge in [-0.1, -0.05) is 0 Å². The van der Waals surface area contributed by atoms with Gasteiger partial charge in [0.15, 0.2) is 0 Å². The fraction of sp³-hybridized carbons (Fsp3) is 0.800. The Kier molecular flexibility index (Phi) is 4.41. The number of carbonyl (C=O) groups is 1. The Bertz CT molecular complexity index is 198. The van der Waals surface area contributed by atoms with E-state index in [4.69, 9.17) is 5.73 Å². The van der Waals surface area contributed by atoms with Crippen molar-refractivity contribution in [2.75, 3.05) is 21.3 Å². The van der Waals surface area contributed by atoms with Crippen LogP contribution >= 0.6 is 7.60 Å². The first kappa shape index (κ1) is 11.6. The zero-order valence-corrected chi connectivity index (χ0v) is 8.04. The van der Waals surface area contributed by atoms with Gasteiger partial charge in [-0.3, -0.25) is 4.57 Å². The zero-order valence-electron chi connectivity index (χ0n) is 7.14. The van der Waals surface area contributed by atoms with E-state index in [1.807, 2.05) is 0 Å². The maximum absolute atomic E-state index is 11.4. The summed E-state index contributed by atoms with van der Waals surface area (Å²) in [5, 5.41) is 0. The van der Waals surface area contributed by atoms with Crippen LogP contribution in [0.1, 0.15) is 0 Å². The maximum Gasteiger partial charge on any atom is 0.358 e. The standard InChI is InChI=1S/C5H12NO5P/c1-9-5(7)4(6)12(8,10-2)11-3/h4H,6H2,1-3H3/t4-/m0/s1. The molecule has 0 fully saturated rings. The molecule has 0 amide bonds. The van der Waals surface area contributed by atoms with Crippen LogP contribution in [0.4, 0.5) is 0 Å². The number of rotatable bonds is 4. The van der Waals surface area contributed by atoms with Crippen molar-refractivity contribution in [3.05, 3.63) is 0 Å². The lowest BCUT2D eigenvalue weighted by atomic mass is 10.7. The van der Waals surface area contributed by atoms with Gasteiger partial charge in [0.2, 0.25) is 5.78 Å². The van der Waals surface area contributed by atoms with E-state index < -0.39 is 19.3 Å². The van der Waals surface area contributed by atoms with Crippen LogP contribution in [0.3, 0.4) is 0 Å². The van der Waals surface area contributed by atoms with Crippen molar-refractivity contribution in [3.63, 3.8) is 0 Å². The molecule has 2 N–H and O–H groups in total. The topological polar surface area (TPSA) is 87.9 Å². The molecule has 0 aliphatic rings. The van der Waals surface area contributed by atoms with Gasteiger partial charge in [-0.05, 0) is 0 Å². The SMILES string of the molecule is COC(=O)[C@@H](N)P(=O)(OC)OC. The highest BCUT2D eigenvalue weighted by Gasteiger charge is 2.37. The molecule has 0 aromatic rings. The minimum atomic E-state index is -3.54. The van der Waals surface area contributed by atoms with Crippen LogP contribution in [0.25, 0.3) is 0 Å². The molecule has 1 atom stereocenters. The summed E-state index contributed by atoms with van der Waals surface area (Å²) in [6.07, 6.45) is 0. The number of nitrogens with two attached hydrogens (primary N) is 1. The van der Waals surface area contributed by atoms with Gasteiger partial charge in [0, 0.05) is 14.2 Å². The van der Waals surface area contributed by atoms with E-state index in [2.05, 4.69) is 13.8 Å². The van der Waals surface area contributed by atoms with Crippen LogP contribution in [0.15, 0.2) is 0 Å². The van der Waals surface area contributed by atoms with Gasteiger partial charge in [-0.15, -0.1) is 0 Å². The fourth-order valence-electron chi connectivity index (χ4n) is 0.552. The second-order valence-electron chi connectivity index (χ2n) is 1.87. The van der Waals surface area contributed by atoms with E-state index in [1.165, 1.54) is 0 Å². The molecule has 0 rings (SSSR count). The molecule has 0 aromatic heterocycles. The lowest BCUT2D eigenvalue weighted by Gasteiger charge is -2.17. The maximum atomic E-state index is 11.4. The molecule has 7 heteroatoms. The van der Waals surface area contributed by atoms with Crippen LogP contribution in [0.2, 0.25) is 0 Å². The molecular weight excluding hydrogens is 185 g/mol. The molecule has 0 radical (unpaired) electrons. The number of hydrogen-bond donors (Lipinski definition) is 1. The summed E-state index contributed by atoms with van der Waals surface area (Å²) < 4.78 is 24.6. The summed E-state index contributed by atoms with van der Waals surface area (Å²) in [5.41, 5.74) is 5.24. The molecule has 0 bridgehead atoms. The lowest BCUT2D eigenvalue weighted by molar-refractivity contribution is -0.140. The van der Waals surface area contributed by atoms with Gasteiger partial charge in [0.1, 0.15) is 0 Å². The Morgan fingerprint density at radius 3 is 2.00 bits per heavy atom. The predicted molar refractivity (Wildman–Crippen MR) is 41.6 cm³/mol. The molecule has 0 heterocycles. The Morgan fingerprint density at radius 2 is 1.75 bits per heavy atom. The zero-order chi connectivity index (χ0) is 9.78. The van der Waals surface area contributed by atoms with Crippen molar-refractivity contribution in [2.45, 2.75) is 5.78 Å². The average molecular weight is 197 g/mol. The third kappa shape index (κ3) is 2.28. The van der Waals surface area contributed by atoms with Crippen molar-refractivity contribution in [1.29, 1.82) is 0 Å². The van der Waals surface area contributed by atoms with E-state index in [1.54, 1.807) is 0 Å². The third-order valence-corrected chi connectivity index (χ3v) is 3.20. The number of esters is 1. The first-order valence-electron chi connectivity index (χ1n) is 3.06. The Balaban J connectivity index is 4.53. The average Bonchev–Trinajstić information content (AvgIpc) is 2.14. The van der Waals surface area contributed by atoms with Crippen LogP contribution in [0.5, 0.6) is 0 Å². The number of ether oxygens (including phenoxy) is 1. The van der Waals surface area contributed by atoms with E-state index in [9.17, 15) is 9.36 Å². The summed E-state index contributed by atoms with van der Waals surface area (Å²) >= 11 is 0. The number of hydrogen-bond acceptors (Lipinski definition) is 6. The Morgan fingerprint density at radius 1 is 1.33 bits per heavy atom. The normalized spacial score (nSPS) is 14.0. The van der Waals surface area contributed by atoms with E-state index in [-0.39, 0.29) is 0 Å². The van der Waals surface area contributed by atoms with Crippen molar-refractivity contribution in [3.8, 4) is 0 Å². The second kappa shape index (κ2) is 4.57. The van der Waals surface area contributed by atoms with Gasteiger partial charge >= 0.3 is 13.6 Å². The minimum absolute atomic E-state index is 0.831. The van der Waals surface area contributed by atoms with E-state index in [0.717, 1.165) is 21.3 Å². The first-order chi connectivity index (χ1) is 5.51. The van der Waals surface area contributed by atoms with Crippen LogP contribution in [-0.4, -0.2) is 33.1 Å². The number of carbonyl (C=O) groups excluding carboxylic acids is 1. The molecule has 72 valence electrons. The quantitative estimate of drug-likeness (QED) is 0.501. The van der Waals surface area contributed by atoms with Gasteiger partial charge in [-0.2, -0.15) is 0 Å². The van der Waals surface area contributed by atoms with Gasteiger partial charge < -0.3 is 19.5 Å². The lowest BCUT2D eigenvalue weighted by Crippen LogP contribution is -2.32. The molecular formula is C5H12NO5P. The molecule has 0 aromatic carbocycles. The fourth-order valence-corrected chi connectivity index (χ4v) is 1.52. The van der Waals surface area contributed by atoms with Gasteiger partial charge in [0.25, 0.3) is 0 Å². The molecule has 0 aliphatic heterocycles. The molecule has 12 heavy (non-hydrogen) atoms.